The maximum absolute atomic E-state index is 14.4. The van der Waals surface area contributed by atoms with Crippen LogP contribution in [0, 0.1) is 0 Å². The van der Waals surface area contributed by atoms with Gasteiger partial charge in [-0.05, 0) is 12.1 Å². The molecule has 2 heterocycles. The Morgan fingerprint density at radius 3 is 2.20 bits per heavy atom. The molecule has 1 unspecified atom stereocenters. The van der Waals surface area contributed by atoms with E-state index in [1.807, 2.05) is 66.7 Å². The zero-order valence-electron chi connectivity index (χ0n) is 19.8. The van der Waals surface area contributed by atoms with Gasteiger partial charge in [0.15, 0.2) is 0 Å². The number of carbonyl (C=O) groups excluding carboxylic acids is 1. The van der Waals surface area contributed by atoms with Gasteiger partial charge in [-0.1, -0.05) is 78.1 Å². The lowest BCUT2D eigenvalue weighted by atomic mass is 10.1. The summed E-state index contributed by atoms with van der Waals surface area (Å²) in [7, 11) is 0. The van der Waals surface area contributed by atoms with E-state index in [1.54, 1.807) is 11.3 Å². The van der Waals surface area contributed by atoms with Crippen LogP contribution in [0.25, 0.3) is 11.3 Å². The predicted octanol–water partition coefficient (Wildman–Crippen LogP) is 6.01. The molecule has 1 aliphatic heterocycles. The molecule has 1 fully saturated rings. The van der Waals surface area contributed by atoms with E-state index in [1.165, 1.54) is 0 Å². The van der Waals surface area contributed by atoms with Gasteiger partial charge in [-0.25, -0.2) is 4.79 Å². The summed E-state index contributed by atoms with van der Waals surface area (Å²) in [4.78, 5) is 21.9. The number of hydrogen-bond donors (Lipinski definition) is 0. The summed E-state index contributed by atoms with van der Waals surface area (Å²) in [5.41, 5.74) is 3.59. The third-order valence-electron chi connectivity index (χ3n) is 6.52. The first kappa shape index (κ1) is 23.6. The molecular weight excluding hydrogens is 454 g/mol. The maximum Gasteiger partial charge on any atom is 0.357 e. The number of nitrogens with zero attached hydrogens (tertiary/aromatic N) is 3. The van der Waals surface area contributed by atoms with Crippen molar-refractivity contribution in [2.45, 2.75) is 6.42 Å². The second-order valence-electron chi connectivity index (χ2n) is 8.73. The van der Waals surface area contributed by atoms with E-state index < -0.39 is 0 Å². The van der Waals surface area contributed by atoms with Crippen molar-refractivity contribution >= 4 is 28.1 Å². The SMILES string of the molecule is O=C(c1ccccc1)[N+](CCCN1CCOCC1)(c1ccccc1)c1nc(-c2ccccc2)cs1. The Labute approximate surface area is 210 Å². The van der Waals surface area contributed by atoms with Gasteiger partial charge in [0, 0.05) is 49.1 Å². The number of quaternary nitrogens is 1. The van der Waals surface area contributed by atoms with Crippen molar-refractivity contribution in [1.29, 1.82) is 0 Å². The molecule has 3 aromatic carbocycles. The highest BCUT2D eigenvalue weighted by Gasteiger charge is 2.45. The van der Waals surface area contributed by atoms with Crippen LogP contribution >= 0.6 is 11.3 Å². The van der Waals surface area contributed by atoms with Crippen LogP contribution < -0.4 is 4.48 Å². The number of carbonyl (C=O) groups is 1. The van der Waals surface area contributed by atoms with Crippen molar-refractivity contribution in [1.82, 2.24) is 14.4 Å². The molecule has 0 spiro atoms. The van der Waals surface area contributed by atoms with Crippen LogP contribution in [0.15, 0.2) is 96.4 Å². The molecule has 5 rings (SSSR count). The Bertz CT molecular complexity index is 1220. The van der Waals surface area contributed by atoms with Gasteiger partial charge in [-0.3, -0.25) is 4.90 Å². The van der Waals surface area contributed by atoms with Crippen molar-refractivity contribution < 1.29 is 9.53 Å². The normalized spacial score (nSPS) is 16.0. The van der Waals surface area contributed by atoms with Gasteiger partial charge < -0.3 is 4.74 Å². The van der Waals surface area contributed by atoms with Gasteiger partial charge in [-0.15, -0.1) is 0 Å². The molecule has 0 N–H and O–H groups in total. The monoisotopic (exact) mass is 484 g/mol. The molecule has 6 heteroatoms. The minimum Gasteiger partial charge on any atom is -0.379 e. The second kappa shape index (κ2) is 11.1. The number of rotatable bonds is 8. The molecule has 0 saturated carbocycles. The van der Waals surface area contributed by atoms with Crippen molar-refractivity contribution in [2.75, 3.05) is 39.4 Å². The third-order valence-corrected chi connectivity index (χ3v) is 7.48. The smallest absolute Gasteiger partial charge is 0.357 e. The molecule has 1 aromatic heterocycles. The van der Waals surface area contributed by atoms with Crippen LogP contribution in [0.5, 0.6) is 0 Å². The molecule has 4 aromatic rings. The van der Waals surface area contributed by atoms with Crippen LogP contribution in [0.1, 0.15) is 16.8 Å². The molecule has 1 atom stereocenters. The van der Waals surface area contributed by atoms with Gasteiger partial charge in [0.25, 0.3) is 5.13 Å². The molecule has 0 bridgehead atoms. The molecule has 0 aliphatic carbocycles. The first-order valence-corrected chi connectivity index (χ1v) is 13.0. The number of morpholine rings is 1. The number of aromatic nitrogens is 1. The van der Waals surface area contributed by atoms with E-state index in [4.69, 9.17) is 9.72 Å². The lowest BCUT2D eigenvalue weighted by Gasteiger charge is -2.34. The lowest BCUT2D eigenvalue weighted by Crippen LogP contribution is -2.51. The Balaban J connectivity index is 1.58. The van der Waals surface area contributed by atoms with Gasteiger partial charge in [0.2, 0.25) is 0 Å². The summed E-state index contributed by atoms with van der Waals surface area (Å²) < 4.78 is 5.59. The molecule has 5 nitrogen and oxygen atoms in total. The number of thiazole rings is 1. The minimum absolute atomic E-state index is 0.0488. The van der Waals surface area contributed by atoms with E-state index in [2.05, 4.69) is 34.5 Å². The largest absolute Gasteiger partial charge is 0.379 e. The van der Waals surface area contributed by atoms with Gasteiger partial charge in [-0.2, -0.15) is 9.47 Å². The van der Waals surface area contributed by atoms with E-state index in [9.17, 15) is 4.79 Å². The summed E-state index contributed by atoms with van der Waals surface area (Å²) in [6.07, 6.45) is 0.869. The Morgan fingerprint density at radius 2 is 1.51 bits per heavy atom. The maximum atomic E-state index is 14.4. The Hall–Kier alpha value is -3.16. The van der Waals surface area contributed by atoms with Crippen molar-refractivity contribution in [2.24, 2.45) is 0 Å². The van der Waals surface area contributed by atoms with Crippen LogP contribution in [0.4, 0.5) is 10.8 Å². The van der Waals surface area contributed by atoms with Crippen molar-refractivity contribution in [3.8, 4) is 11.3 Å². The van der Waals surface area contributed by atoms with Crippen molar-refractivity contribution in [3.63, 3.8) is 0 Å². The average Bonchev–Trinajstić information content (AvgIpc) is 3.44. The van der Waals surface area contributed by atoms with E-state index in [0.29, 0.717) is 12.1 Å². The summed E-state index contributed by atoms with van der Waals surface area (Å²) in [5.74, 6) is 0.0488. The molecule has 1 saturated heterocycles. The highest BCUT2D eigenvalue weighted by molar-refractivity contribution is 7.14. The fourth-order valence-electron chi connectivity index (χ4n) is 4.66. The molecular formula is C29H30N3O2S+. The van der Waals surface area contributed by atoms with Gasteiger partial charge >= 0.3 is 5.91 Å². The number of benzene rings is 3. The highest BCUT2D eigenvalue weighted by atomic mass is 32.1. The summed E-state index contributed by atoms with van der Waals surface area (Å²) in [5, 5.41) is 2.87. The first-order chi connectivity index (χ1) is 17.3. The number of para-hydroxylation sites is 1. The molecule has 35 heavy (non-hydrogen) atoms. The molecule has 1 amide bonds. The molecule has 178 valence electrons. The van der Waals surface area contributed by atoms with Crippen LogP contribution in [0.3, 0.4) is 0 Å². The summed E-state index contributed by atoms with van der Waals surface area (Å²) in [6.45, 7) is 4.98. The Kier molecular flexibility index (Phi) is 7.45. The van der Waals surface area contributed by atoms with E-state index in [0.717, 1.165) is 61.3 Å². The van der Waals surface area contributed by atoms with E-state index >= 15 is 0 Å². The van der Waals surface area contributed by atoms with Gasteiger partial charge in [0.05, 0.1) is 31.0 Å². The number of amides is 1. The second-order valence-corrected chi connectivity index (χ2v) is 9.57. The molecule has 1 aliphatic rings. The van der Waals surface area contributed by atoms with Crippen LogP contribution in [-0.4, -0.2) is 55.2 Å². The quantitative estimate of drug-likeness (QED) is 0.287. The number of hydrogen-bond acceptors (Lipinski definition) is 5. The zero-order valence-corrected chi connectivity index (χ0v) is 20.6. The first-order valence-electron chi connectivity index (χ1n) is 12.1. The third kappa shape index (κ3) is 5.11. The minimum atomic E-state index is 0.0488. The summed E-state index contributed by atoms with van der Waals surface area (Å²) >= 11 is 1.56. The average molecular weight is 485 g/mol. The fraction of sp³-hybridized carbons (Fsp3) is 0.241. The van der Waals surface area contributed by atoms with Gasteiger partial charge in [0.1, 0.15) is 5.69 Å². The zero-order chi connectivity index (χ0) is 23.9. The Morgan fingerprint density at radius 1 is 0.886 bits per heavy atom. The van der Waals surface area contributed by atoms with Crippen LogP contribution in [-0.2, 0) is 4.74 Å². The van der Waals surface area contributed by atoms with Crippen LogP contribution in [0.2, 0.25) is 0 Å². The number of ether oxygens (including phenoxy) is 1. The summed E-state index contributed by atoms with van der Waals surface area (Å²) in [6, 6.07) is 29.9. The predicted molar refractivity (Wildman–Crippen MR) is 143 cm³/mol. The lowest BCUT2D eigenvalue weighted by molar-refractivity contribution is 0.0365. The fourth-order valence-corrected chi connectivity index (χ4v) is 5.68. The topological polar surface area (TPSA) is 42.4 Å². The van der Waals surface area contributed by atoms with E-state index in [-0.39, 0.29) is 10.4 Å². The highest BCUT2D eigenvalue weighted by Crippen LogP contribution is 2.41. The molecule has 0 radical (unpaired) electrons. The standard InChI is InChI=1S/C29H30N3O2S/c33-28(25-13-6-2-7-14-25)32(26-15-8-3-9-16-26,20-10-17-31-18-21-34-22-19-31)29-30-27(23-35-29)24-11-4-1-5-12-24/h1-9,11-16,23H,10,17-22H2/q+1. The van der Waals surface area contributed by atoms with Crippen molar-refractivity contribution in [3.05, 3.63) is 102 Å².